The summed E-state index contributed by atoms with van der Waals surface area (Å²) in [5, 5.41) is 13.5. The van der Waals surface area contributed by atoms with Crippen LogP contribution in [0.2, 0.25) is 0 Å². The number of carbonyl (C=O) groups is 3. The molecule has 0 aliphatic heterocycles. The van der Waals surface area contributed by atoms with Gasteiger partial charge in [0.1, 0.15) is 6.04 Å². The van der Waals surface area contributed by atoms with Crippen molar-refractivity contribution < 1.29 is 32.7 Å². The first kappa shape index (κ1) is 20.5. The first-order valence-electron chi connectivity index (χ1n) is 7.62. The second-order valence-corrected chi connectivity index (χ2v) is 5.36. The molecular formula is C16H19F3N2O4. The van der Waals surface area contributed by atoms with E-state index in [0.717, 1.165) is 30.7 Å². The van der Waals surface area contributed by atoms with E-state index in [9.17, 15) is 27.6 Å². The topological polar surface area (TPSA) is 95.5 Å². The van der Waals surface area contributed by atoms with Gasteiger partial charge in [-0.25, -0.2) is 4.79 Å². The van der Waals surface area contributed by atoms with Crippen molar-refractivity contribution in [3.05, 3.63) is 35.4 Å². The Balaban J connectivity index is 2.55. The van der Waals surface area contributed by atoms with Gasteiger partial charge in [0, 0.05) is 5.56 Å². The molecule has 0 saturated heterocycles. The van der Waals surface area contributed by atoms with Crippen LogP contribution in [-0.4, -0.2) is 35.5 Å². The lowest BCUT2D eigenvalue weighted by Gasteiger charge is -2.14. The standard InChI is InChI=1S/C16H19F3N2O4/c1-2-3-4-12(15(24)25)21-13(22)9-20-14(23)10-5-7-11(8-6-10)16(17,18)19/h5-8,12H,2-4,9H2,1H3,(H,20,23)(H,21,22)(H,24,25)/t12-/m0/s1. The minimum atomic E-state index is -4.50. The molecule has 0 aliphatic carbocycles. The fourth-order valence-corrected chi connectivity index (χ4v) is 1.98. The summed E-state index contributed by atoms with van der Waals surface area (Å²) in [4.78, 5) is 34.5. The Morgan fingerprint density at radius 3 is 2.24 bits per heavy atom. The van der Waals surface area contributed by atoms with E-state index in [4.69, 9.17) is 5.11 Å². The van der Waals surface area contributed by atoms with Crippen molar-refractivity contribution in [2.24, 2.45) is 0 Å². The molecule has 0 bridgehead atoms. The van der Waals surface area contributed by atoms with Gasteiger partial charge in [0.05, 0.1) is 12.1 Å². The molecule has 0 aliphatic rings. The summed E-state index contributed by atoms with van der Waals surface area (Å²) in [6.45, 7) is 1.40. The molecule has 3 N–H and O–H groups in total. The van der Waals surface area contributed by atoms with E-state index >= 15 is 0 Å². The summed E-state index contributed by atoms with van der Waals surface area (Å²) in [5.41, 5.74) is -0.927. The van der Waals surface area contributed by atoms with Crippen LogP contribution in [0.5, 0.6) is 0 Å². The first-order chi connectivity index (χ1) is 11.6. The largest absolute Gasteiger partial charge is 0.480 e. The molecule has 138 valence electrons. The van der Waals surface area contributed by atoms with Gasteiger partial charge in [0.2, 0.25) is 5.91 Å². The Kier molecular flexibility index (Phi) is 7.41. The minimum Gasteiger partial charge on any atom is -0.480 e. The van der Waals surface area contributed by atoms with Gasteiger partial charge >= 0.3 is 12.1 Å². The number of carboxylic acid groups (broad SMARTS) is 1. The average molecular weight is 360 g/mol. The zero-order valence-electron chi connectivity index (χ0n) is 13.5. The third-order valence-corrected chi connectivity index (χ3v) is 3.36. The quantitative estimate of drug-likeness (QED) is 0.662. The Morgan fingerprint density at radius 1 is 1.16 bits per heavy atom. The molecule has 2 amide bonds. The third-order valence-electron chi connectivity index (χ3n) is 3.36. The van der Waals surface area contributed by atoms with E-state index in [-0.39, 0.29) is 12.0 Å². The lowest BCUT2D eigenvalue weighted by atomic mass is 10.1. The van der Waals surface area contributed by atoms with Crippen molar-refractivity contribution >= 4 is 17.8 Å². The molecule has 0 aromatic heterocycles. The molecule has 6 nitrogen and oxygen atoms in total. The molecule has 1 aromatic rings. The Morgan fingerprint density at radius 2 is 1.76 bits per heavy atom. The summed E-state index contributed by atoms with van der Waals surface area (Å²) in [5.74, 6) is -2.59. The van der Waals surface area contributed by atoms with Crippen molar-refractivity contribution in [2.75, 3.05) is 6.54 Å². The van der Waals surface area contributed by atoms with E-state index < -0.39 is 42.1 Å². The molecule has 0 radical (unpaired) electrons. The molecule has 0 saturated carbocycles. The van der Waals surface area contributed by atoms with Crippen LogP contribution in [0.3, 0.4) is 0 Å². The number of aliphatic carboxylic acids is 1. The van der Waals surface area contributed by atoms with Gasteiger partial charge in [-0.2, -0.15) is 13.2 Å². The number of halogens is 3. The van der Waals surface area contributed by atoms with Gasteiger partial charge in [-0.1, -0.05) is 19.8 Å². The number of amides is 2. The summed E-state index contributed by atoms with van der Waals surface area (Å²) in [6, 6.07) is 2.48. The van der Waals surface area contributed by atoms with E-state index in [1.807, 2.05) is 6.92 Å². The van der Waals surface area contributed by atoms with Crippen molar-refractivity contribution in [2.45, 2.75) is 38.4 Å². The van der Waals surface area contributed by atoms with E-state index in [0.29, 0.717) is 6.42 Å². The van der Waals surface area contributed by atoms with Crippen molar-refractivity contribution in [3.63, 3.8) is 0 Å². The lowest BCUT2D eigenvalue weighted by Crippen LogP contribution is -2.45. The highest BCUT2D eigenvalue weighted by molar-refractivity contribution is 5.96. The number of hydrogen-bond donors (Lipinski definition) is 3. The summed E-state index contributed by atoms with van der Waals surface area (Å²) < 4.78 is 37.3. The number of benzene rings is 1. The van der Waals surface area contributed by atoms with Gasteiger partial charge in [-0.05, 0) is 30.7 Å². The molecule has 1 atom stereocenters. The summed E-state index contributed by atoms with van der Waals surface area (Å²) in [7, 11) is 0. The number of rotatable bonds is 8. The van der Waals surface area contributed by atoms with Crippen molar-refractivity contribution in [3.8, 4) is 0 Å². The van der Waals surface area contributed by atoms with Crippen LogP contribution < -0.4 is 10.6 Å². The van der Waals surface area contributed by atoms with Gasteiger partial charge in [0.15, 0.2) is 0 Å². The normalized spacial score (nSPS) is 12.3. The number of alkyl halides is 3. The van der Waals surface area contributed by atoms with Crippen LogP contribution >= 0.6 is 0 Å². The third kappa shape index (κ3) is 6.82. The highest BCUT2D eigenvalue weighted by Gasteiger charge is 2.30. The van der Waals surface area contributed by atoms with Gasteiger partial charge in [-0.3, -0.25) is 9.59 Å². The monoisotopic (exact) mass is 360 g/mol. The van der Waals surface area contributed by atoms with Gasteiger partial charge in [-0.15, -0.1) is 0 Å². The molecule has 1 aromatic carbocycles. The lowest BCUT2D eigenvalue weighted by molar-refractivity contribution is -0.142. The fourth-order valence-electron chi connectivity index (χ4n) is 1.98. The SMILES string of the molecule is CCCC[C@H](NC(=O)CNC(=O)c1ccc(C(F)(F)F)cc1)C(=O)O. The van der Waals surface area contributed by atoms with Crippen LogP contribution in [0.15, 0.2) is 24.3 Å². The highest BCUT2D eigenvalue weighted by atomic mass is 19.4. The fraction of sp³-hybridized carbons (Fsp3) is 0.438. The molecular weight excluding hydrogens is 341 g/mol. The maximum absolute atomic E-state index is 12.4. The van der Waals surface area contributed by atoms with Gasteiger partial charge in [0.25, 0.3) is 5.91 Å². The number of hydrogen-bond acceptors (Lipinski definition) is 3. The molecule has 0 heterocycles. The number of carbonyl (C=O) groups excluding carboxylic acids is 2. The molecule has 0 unspecified atom stereocenters. The summed E-state index contributed by atoms with van der Waals surface area (Å²) in [6.07, 6.45) is -2.84. The van der Waals surface area contributed by atoms with E-state index in [1.165, 1.54) is 0 Å². The number of unbranched alkanes of at least 4 members (excludes halogenated alkanes) is 1. The number of carboxylic acids is 1. The molecule has 0 spiro atoms. The second kappa shape index (κ2) is 9.05. The second-order valence-electron chi connectivity index (χ2n) is 5.36. The van der Waals surface area contributed by atoms with E-state index in [1.54, 1.807) is 0 Å². The van der Waals surface area contributed by atoms with Crippen LogP contribution in [0.25, 0.3) is 0 Å². The van der Waals surface area contributed by atoms with Crippen LogP contribution in [0.1, 0.15) is 42.1 Å². The molecule has 0 fully saturated rings. The predicted octanol–water partition coefficient (Wildman–Crippen LogP) is 2.19. The predicted molar refractivity (Wildman–Crippen MR) is 82.9 cm³/mol. The Bertz CT molecular complexity index is 615. The number of nitrogens with one attached hydrogen (secondary N) is 2. The Hall–Kier alpha value is -2.58. The van der Waals surface area contributed by atoms with Gasteiger partial charge < -0.3 is 15.7 Å². The maximum atomic E-state index is 12.4. The first-order valence-corrected chi connectivity index (χ1v) is 7.62. The highest BCUT2D eigenvalue weighted by Crippen LogP contribution is 2.29. The minimum absolute atomic E-state index is 0.0402. The zero-order chi connectivity index (χ0) is 19.0. The summed E-state index contributed by atoms with van der Waals surface area (Å²) >= 11 is 0. The van der Waals surface area contributed by atoms with Crippen molar-refractivity contribution in [1.82, 2.24) is 10.6 Å². The van der Waals surface area contributed by atoms with E-state index in [2.05, 4.69) is 10.6 Å². The van der Waals surface area contributed by atoms with Crippen LogP contribution in [-0.2, 0) is 15.8 Å². The smallest absolute Gasteiger partial charge is 0.416 e. The average Bonchev–Trinajstić information content (AvgIpc) is 2.55. The molecule has 25 heavy (non-hydrogen) atoms. The molecule has 9 heteroatoms. The van der Waals surface area contributed by atoms with Crippen LogP contribution in [0.4, 0.5) is 13.2 Å². The zero-order valence-corrected chi connectivity index (χ0v) is 13.5. The Labute approximate surface area is 142 Å². The molecule has 1 rings (SSSR count). The maximum Gasteiger partial charge on any atom is 0.416 e. The van der Waals surface area contributed by atoms with Crippen molar-refractivity contribution in [1.29, 1.82) is 0 Å². The van der Waals surface area contributed by atoms with Crippen LogP contribution in [0, 0.1) is 0 Å².